The number of likely N-dealkylation sites (tertiary alicyclic amines) is 1. The van der Waals surface area contributed by atoms with E-state index in [0.29, 0.717) is 6.54 Å². The quantitative estimate of drug-likeness (QED) is 0.680. The lowest BCUT2D eigenvalue weighted by Crippen LogP contribution is -3.13. The van der Waals surface area contributed by atoms with Crippen LogP contribution in [0.1, 0.15) is 32.1 Å². The van der Waals surface area contributed by atoms with Gasteiger partial charge in [0.1, 0.15) is 0 Å². The van der Waals surface area contributed by atoms with Gasteiger partial charge < -0.3 is 16.0 Å². The molecule has 2 amide bonds. The summed E-state index contributed by atoms with van der Waals surface area (Å²) in [7, 11) is 0. The van der Waals surface area contributed by atoms with Crippen molar-refractivity contribution >= 4 is 29.3 Å². The number of nitrogens with two attached hydrogens (primary N) is 1. The molecule has 1 aromatic carbocycles. The van der Waals surface area contributed by atoms with Crippen molar-refractivity contribution < 1.29 is 14.5 Å². The van der Waals surface area contributed by atoms with E-state index < -0.39 is 0 Å². The molecule has 23 heavy (non-hydrogen) atoms. The van der Waals surface area contributed by atoms with Crippen LogP contribution in [0.5, 0.6) is 0 Å². The zero-order valence-corrected chi connectivity index (χ0v) is 14.3. The van der Waals surface area contributed by atoms with Gasteiger partial charge in [-0.1, -0.05) is 18.6 Å². The number of primary amides is 1. The lowest BCUT2D eigenvalue weighted by Gasteiger charge is -2.21. The first kappa shape index (κ1) is 17.8. The highest BCUT2D eigenvalue weighted by atomic mass is 32.2. The first-order valence-electron chi connectivity index (χ1n) is 8.28. The zero-order valence-electron chi connectivity index (χ0n) is 13.5. The van der Waals surface area contributed by atoms with E-state index in [0.717, 1.165) is 23.7 Å². The fourth-order valence-corrected chi connectivity index (χ4v) is 3.60. The summed E-state index contributed by atoms with van der Waals surface area (Å²) >= 11 is 1.35. The van der Waals surface area contributed by atoms with Gasteiger partial charge in [0.05, 0.1) is 24.5 Å². The SMILES string of the molecule is NC(=O)CSc1ccccc1NC(=O)C[NH+]1CCCCCCC1. The second kappa shape index (κ2) is 9.57. The fourth-order valence-electron chi connectivity index (χ4n) is 2.85. The Hall–Kier alpha value is -1.53. The Bertz CT molecular complexity index is 528. The Labute approximate surface area is 142 Å². The van der Waals surface area contributed by atoms with E-state index >= 15 is 0 Å². The second-order valence-corrected chi connectivity index (χ2v) is 7.01. The number of quaternary nitrogens is 1. The molecule has 0 aliphatic carbocycles. The summed E-state index contributed by atoms with van der Waals surface area (Å²) in [5.74, 6) is -0.113. The minimum atomic E-state index is -0.360. The molecule has 5 nitrogen and oxygen atoms in total. The molecule has 1 aliphatic heterocycles. The number of thioether (sulfide) groups is 1. The normalized spacial score (nSPS) is 16.3. The van der Waals surface area contributed by atoms with E-state index in [2.05, 4.69) is 5.32 Å². The highest BCUT2D eigenvalue weighted by Crippen LogP contribution is 2.26. The number of rotatable bonds is 6. The molecule has 1 heterocycles. The molecule has 1 aromatic rings. The molecular weight excluding hydrogens is 310 g/mol. The lowest BCUT2D eigenvalue weighted by atomic mass is 10.1. The van der Waals surface area contributed by atoms with E-state index in [1.165, 1.54) is 48.8 Å². The number of para-hydroxylation sites is 1. The van der Waals surface area contributed by atoms with Crippen LogP contribution in [0.3, 0.4) is 0 Å². The monoisotopic (exact) mass is 336 g/mol. The topological polar surface area (TPSA) is 76.6 Å². The predicted octanol–water partition coefficient (Wildman–Crippen LogP) is 1.05. The molecule has 0 bridgehead atoms. The molecule has 0 radical (unpaired) electrons. The Morgan fingerprint density at radius 2 is 1.74 bits per heavy atom. The minimum absolute atomic E-state index is 0.0349. The van der Waals surface area contributed by atoms with Gasteiger partial charge in [-0.3, -0.25) is 9.59 Å². The fraction of sp³-hybridized carbons (Fsp3) is 0.529. The minimum Gasteiger partial charge on any atom is -0.369 e. The molecule has 1 saturated heterocycles. The Morgan fingerprint density at radius 1 is 1.09 bits per heavy atom. The van der Waals surface area contributed by atoms with Crippen molar-refractivity contribution in [2.24, 2.45) is 5.73 Å². The molecule has 0 aromatic heterocycles. The van der Waals surface area contributed by atoms with Crippen molar-refractivity contribution in [3.63, 3.8) is 0 Å². The number of benzene rings is 1. The summed E-state index contributed by atoms with van der Waals surface area (Å²) in [5.41, 5.74) is 5.95. The Kier molecular flexibility index (Phi) is 7.42. The van der Waals surface area contributed by atoms with Crippen molar-refractivity contribution in [2.75, 3.05) is 30.7 Å². The van der Waals surface area contributed by atoms with Gasteiger partial charge in [0.25, 0.3) is 5.91 Å². The molecular formula is C17H26N3O2S+. The standard InChI is InChI=1S/C17H25N3O2S/c18-16(21)13-23-15-9-5-4-8-14(15)19-17(22)12-20-10-6-2-1-3-7-11-20/h4-5,8-9H,1-3,6-7,10-13H2,(H2,18,21)(H,19,22)/p+1. The molecule has 2 rings (SSSR count). The number of carbonyl (C=O) groups excluding carboxylic acids is 2. The highest BCUT2D eigenvalue weighted by Gasteiger charge is 2.16. The first-order valence-corrected chi connectivity index (χ1v) is 9.27. The molecule has 1 aliphatic rings. The Balaban J connectivity index is 1.90. The predicted molar refractivity (Wildman–Crippen MR) is 93.6 cm³/mol. The number of hydrogen-bond donors (Lipinski definition) is 3. The summed E-state index contributed by atoms with van der Waals surface area (Å²) in [6, 6.07) is 7.53. The van der Waals surface area contributed by atoms with E-state index in [-0.39, 0.29) is 17.6 Å². The molecule has 0 unspecified atom stereocenters. The molecule has 1 fully saturated rings. The molecule has 126 valence electrons. The lowest BCUT2D eigenvalue weighted by molar-refractivity contribution is -0.892. The molecule has 0 saturated carbocycles. The first-order chi connectivity index (χ1) is 11.1. The number of anilines is 1. The van der Waals surface area contributed by atoms with Gasteiger partial charge in [0, 0.05) is 4.90 Å². The van der Waals surface area contributed by atoms with E-state index in [4.69, 9.17) is 5.73 Å². The third-order valence-corrected chi connectivity index (χ3v) is 5.10. The van der Waals surface area contributed by atoms with E-state index in [1.807, 2.05) is 24.3 Å². The van der Waals surface area contributed by atoms with Gasteiger partial charge in [-0.15, -0.1) is 11.8 Å². The van der Waals surface area contributed by atoms with Crippen molar-refractivity contribution in [2.45, 2.75) is 37.0 Å². The zero-order chi connectivity index (χ0) is 16.5. The summed E-state index contributed by atoms with van der Waals surface area (Å²) in [6.45, 7) is 2.66. The maximum atomic E-state index is 12.3. The van der Waals surface area contributed by atoms with Crippen molar-refractivity contribution in [3.8, 4) is 0 Å². The van der Waals surface area contributed by atoms with Crippen LogP contribution < -0.4 is 16.0 Å². The molecule has 0 atom stereocenters. The van der Waals surface area contributed by atoms with Crippen LogP contribution in [0.25, 0.3) is 0 Å². The Morgan fingerprint density at radius 3 is 2.43 bits per heavy atom. The largest absolute Gasteiger partial charge is 0.369 e. The van der Waals surface area contributed by atoms with Crippen LogP contribution in [0.4, 0.5) is 5.69 Å². The van der Waals surface area contributed by atoms with Crippen LogP contribution >= 0.6 is 11.8 Å². The van der Waals surface area contributed by atoms with Crippen LogP contribution in [-0.2, 0) is 9.59 Å². The summed E-state index contributed by atoms with van der Waals surface area (Å²) in [6.07, 6.45) is 6.28. The van der Waals surface area contributed by atoms with Crippen LogP contribution in [0.15, 0.2) is 29.2 Å². The van der Waals surface area contributed by atoms with Gasteiger partial charge in [-0.2, -0.15) is 0 Å². The van der Waals surface area contributed by atoms with Gasteiger partial charge in [0.15, 0.2) is 6.54 Å². The van der Waals surface area contributed by atoms with Gasteiger partial charge >= 0.3 is 0 Å². The molecule has 6 heteroatoms. The van der Waals surface area contributed by atoms with E-state index in [9.17, 15) is 9.59 Å². The number of hydrogen-bond acceptors (Lipinski definition) is 3. The van der Waals surface area contributed by atoms with Crippen molar-refractivity contribution in [1.29, 1.82) is 0 Å². The maximum Gasteiger partial charge on any atom is 0.279 e. The summed E-state index contributed by atoms with van der Waals surface area (Å²) in [5, 5.41) is 2.98. The van der Waals surface area contributed by atoms with Crippen molar-refractivity contribution in [3.05, 3.63) is 24.3 Å². The molecule has 0 spiro atoms. The van der Waals surface area contributed by atoms with Gasteiger partial charge in [0.2, 0.25) is 5.91 Å². The second-order valence-electron chi connectivity index (χ2n) is 5.99. The third kappa shape index (κ3) is 6.62. The van der Waals surface area contributed by atoms with Gasteiger partial charge in [-0.05, 0) is 37.8 Å². The number of carbonyl (C=O) groups is 2. The average molecular weight is 336 g/mol. The number of amides is 2. The smallest absolute Gasteiger partial charge is 0.279 e. The van der Waals surface area contributed by atoms with E-state index in [1.54, 1.807) is 0 Å². The maximum absolute atomic E-state index is 12.3. The number of nitrogens with one attached hydrogen (secondary N) is 2. The van der Waals surface area contributed by atoms with Crippen molar-refractivity contribution in [1.82, 2.24) is 0 Å². The van der Waals surface area contributed by atoms with Crippen LogP contribution in [-0.4, -0.2) is 37.2 Å². The molecule has 4 N–H and O–H groups in total. The van der Waals surface area contributed by atoms with Gasteiger partial charge in [-0.25, -0.2) is 0 Å². The summed E-state index contributed by atoms with van der Waals surface area (Å²) < 4.78 is 0. The highest BCUT2D eigenvalue weighted by molar-refractivity contribution is 8.00. The van der Waals surface area contributed by atoms with Crippen LogP contribution in [0, 0.1) is 0 Å². The van der Waals surface area contributed by atoms with Crippen LogP contribution in [0.2, 0.25) is 0 Å². The average Bonchev–Trinajstić information content (AvgIpc) is 2.49. The summed E-state index contributed by atoms with van der Waals surface area (Å²) in [4.78, 5) is 25.5. The third-order valence-electron chi connectivity index (χ3n) is 4.00.